The Morgan fingerprint density at radius 3 is 1.53 bits per heavy atom. The molecule has 104 valence electrons. The molecule has 0 amide bonds. The first-order valence-electron chi connectivity index (χ1n) is 7.29. The summed E-state index contributed by atoms with van der Waals surface area (Å²) in [6.07, 6.45) is 9.07. The minimum Gasteiger partial charge on any atom is -0.396 e. The molecule has 0 saturated heterocycles. The first-order chi connectivity index (χ1) is 8.35. The largest absolute Gasteiger partial charge is 0.396 e. The molecule has 0 bridgehead atoms. The summed E-state index contributed by atoms with van der Waals surface area (Å²) in [5.74, 6) is 0. The zero-order chi connectivity index (χ0) is 12.8. The number of aliphatic hydroxyl groups is 2. The second-order valence-electron chi connectivity index (χ2n) is 4.76. The van der Waals surface area contributed by atoms with Crippen molar-refractivity contribution in [1.29, 1.82) is 0 Å². The Morgan fingerprint density at radius 2 is 1.12 bits per heavy atom. The molecule has 2 N–H and O–H groups in total. The number of unbranched alkanes of at least 4 members (excludes halogenated alkanes) is 5. The summed E-state index contributed by atoms with van der Waals surface area (Å²) >= 11 is 0. The van der Waals surface area contributed by atoms with Crippen molar-refractivity contribution in [2.75, 3.05) is 32.8 Å². The van der Waals surface area contributed by atoms with E-state index in [9.17, 15) is 0 Å². The van der Waals surface area contributed by atoms with Crippen molar-refractivity contribution >= 4 is 0 Å². The lowest BCUT2D eigenvalue weighted by Crippen LogP contribution is -2.27. The highest BCUT2D eigenvalue weighted by molar-refractivity contribution is 4.59. The average molecular weight is 245 g/mol. The second kappa shape index (κ2) is 13.9. The van der Waals surface area contributed by atoms with E-state index in [-0.39, 0.29) is 0 Å². The van der Waals surface area contributed by atoms with Crippen molar-refractivity contribution in [2.24, 2.45) is 0 Å². The lowest BCUT2D eigenvalue weighted by atomic mass is 10.2. The normalized spacial score (nSPS) is 11.3. The molecule has 3 nitrogen and oxygen atoms in total. The van der Waals surface area contributed by atoms with Gasteiger partial charge in [-0.2, -0.15) is 0 Å². The van der Waals surface area contributed by atoms with E-state index < -0.39 is 0 Å². The molecule has 17 heavy (non-hydrogen) atoms. The summed E-state index contributed by atoms with van der Waals surface area (Å²) in [5, 5.41) is 17.5. The third-order valence-electron chi connectivity index (χ3n) is 3.09. The number of hydrogen-bond donors (Lipinski definition) is 2. The highest BCUT2D eigenvalue weighted by atomic mass is 16.3. The van der Waals surface area contributed by atoms with Crippen LogP contribution in [0.25, 0.3) is 0 Å². The summed E-state index contributed by atoms with van der Waals surface area (Å²) in [5.41, 5.74) is 0. The van der Waals surface area contributed by atoms with Gasteiger partial charge in [-0.25, -0.2) is 0 Å². The van der Waals surface area contributed by atoms with Crippen LogP contribution in [-0.4, -0.2) is 48.0 Å². The van der Waals surface area contributed by atoms with E-state index in [0.29, 0.717) is 13.2 Å². The van der Waals surface area contributed by atoms with Crippen LogP contribution in [-0.2, 0) is 0 Å². The maximum Gasteiger partial charge on any atom is 0.0431 e. The SMILES string of the molecule is CCCCN(CCCCCO)CCCCCO. The molecule has 0 aliphatic carbocycles. The van der Waals surface area contributed by atoms with Crippen molar-refractivity contribution in [3.05, 3.63) is 0 Å². The molecule has 0 unspecified atom stereocenters. The van der Waals surface area contributed by atoms with E-state index in [0.717, 1.165) is 25.7 Å². The van der Waals surface area contributed by atoms with Gasteiger partial charge in [0, 0.05) is 13.2 Å². The summed E-state index contributed by atoms with van der Waals surface area (Å²) in [4.78, 5) is 2.54. The van der Waals surface area contributed by atoms with Crippen LogP contribution in [0, 0.1) is 0 Å². The van der Waals surface area contributed by atoms with E-state index in [4.69, 9.17) is 10.2 Å². The molecule has 0 spiro atoms. The van der Waals surface area contributed by atoms with Crippen LogP contribution >= 0.6 is 0 Å². The fraction of sp³-hybridized carbons (Fsp3) is 1.00. The van der Waals surface area contributed by atoms with Crippen molar-refractivity contribution < 1.29 is 10.2 Å². The van der Waals surface area contributed by atoms with Gasteiger partial charge in [0.15, 0.2) is 0 Å². The van der Waals surface area contributed by atoms with Gasteiger partial charge < -0.3 is 15.1 Å². The van der Waals surface area contributed by atoms with Gasteiger partial charge in [-0.1, -0.05) is 13.3 Å². The Hall–Kier alpha value is -0.120. The van der Waals surface area contributed by atoms with Gasteiger partial charge in [-0.3, -0.25) is 0 Å². The quantitative estimate of drug-likeness (QED) is 0.490. The third-order valence-corrected chi connectivity index (χ3v) is 3.09. The molecule has 0 saturated carbocycles. The molecular weight excluding hydrogens is 214 g/mol. The number of hydrogen-bond acceptors (Lipinski definition) is 3. The first kappa shape index (κ1) is 16.9. The summed E-state index contributed by atoms with van der Waals surface area (Å²) in [6, 6.07) is 0. The Balaban J connectivity index is 3.56. The van der Waals surface area contributed by atoms with Crippen LogP contribution in [0.4, 0.5) is 0 Å². The fourth-order valence-electron chi connectivity index (χ4n) is 1.97. The zero-order valence-corrected chi connectivity index (χ0v) is 11.5. The van der Waals surface area contributed by atoms with Crippen LogP contribution < -0.4 is 0 Å². The second-order valence-corrected chi connectivity index (χ2v) is 4.76. The number of aliphatic hydroxyl groups excluding tert-OH is 2. The van der Waals surface area contributed by atoms with Gasteiger partial charge in [0.2, 0.25) is 0 Å². The molecule has 0 aromatic rings. The highest BCUT2D eigenvalue weighted by Gasteiger charge is 2.03. The predicted octanol–water partition coefficient (Wildman–Crippen LogP) is 2.41. The Morgan fingerprint density at radius 1 is 0.647 bits per heavy atom. The van der Waals surface area contributed by atoms with E-state index in [1.807, 2.05) is 0 Å². The molecule has 0 aliphatic heterocycles. The highest BCUT2D eigenvalue weighted by Crippen LogP contribution is 2.04. The van der Waals surface area contributed by atoms with Gasteiger partial charge in [-0.05, 0) is 64.6 Å². The first-order valence-corrected chi connectivity index (χ1v) is 7.29. The molecule has 0 aromatic heterocycles. The predicted molar refractivity (Wildman–Crippen MR) is 73.2 cm³/mol. The van der Waals surface area contributed by atoms with Crippen molar-refractivity contribution in [1.82, 2.24) is 4.90 Å². The monoisotopic (exact) mass is 245 g/mol. The third kappa shape index (κ3) is 12.1. The smallest absolute Gasteiger partial charge is 0.0431 e. The molecule has 0 heterocycles. The summed E-state index contributed by atoms with van der Waals surface area (Å²) < 4.78 is 0. The molecular formula is C14H31NO2. The van der Waals surface area contributed by atoms with Gasteiger partial charge in [0.25, 0.3) is 0 Å². The van der Waals surface area contributed by atoms with E-state index in [2.05, 4.69) is 11.8 Å². The Labute approximate surface area is 107 Å². The molecule has 0 aromatic carbocycles. The maximum absolute atomic E-state index is 8.74. The molecule has 0 rings (SSSR count). The zero-order valence-electron chi connectivity index (χ0n) is 11.5. The average Bonchev–Trinajstić information content (AvgIpc) is 2.35. The fourth-order valence-corrected chi connectivity index (χ4v) is 1.97. The van der Waals surface area contributed by atoms with Crippen molar-refractivity contribution in [3.63, 3.8) is 0 Å². The van der Waals surface area contributed by atoms with Crippen LogP contribution in [0.1, 0.15) is 58.3 Å². The molecule has 0 fully saturated rings. The molecule has 0 aliphatic rings. The van der Waals surface area contributed by atoms with Crippen LogP contribution in [0.15, 0.2) is 0 Å². The van der Waals surface area contributed by atoms with Crippen molar-refractivity contribution in [3.8, 4) is 0 Å². The summed E-state index contributed by atoms with van der Waals surface area (Å²) in [7, 11) is 0. The van der Waals surface area contributed by atoms with E-state index in [1.54, 1.807) is 0 Å². The van der Waals surface area contributed by atoms with E-state index in [1.165, 1.54) is 45.3 Å². The molecule has 0 radical (unpaired) electrons. The topological polar surface area (TPSA) is 43.7 Å². The maximum atomic E-state index is 8.74. The van der Waals surface area contributed by atoms with Gasteiger partial charge in [0.1, 0.15) is 0 Å². The minimum atomic E-state index is 0.325. The molecule has 3 heteroatoms. The lowest BCUT2D eigenvalue weighted by Gasteiger charge is -2.22. The Bertz CT molecular complexity index is 130. The molecule has 0 atom stereocenters. The number of nitrogens with zero attached hydrogens (tertiary/aromatic N) is 1. The van der Waals surface area contributed by atoms with Gasteiger partial charge in [-0.15, -0.1) is 0 Å². The summed E-state index contributed by atoms with van der Waals surface area (Å²) in [6.45, 7) is 6.42. The van der Waals surface area contributed by atoms with Gasteiger partial charge >= 0.3 is 0 Å². The van der Waals surface area contributed by atoms with Crippen molar-refractivity contribution in [2.45, 2.75) is 58.3 Å². The lowest BCUT2D eigenvalue weighted by molar-refractivity contribution is 0.239. The van der Waals surface area contributed by atoms with Gasteiger partial charge in [0.05, 0.1) is 0 Å². The minimum absolute atomic E-state index is 0.325. The van der Waals surface area contributed by atoms with E-state index >= 15 is 0 Å². The van der Waals surface area contributed by atoms with Crippen LogP contribution in [0.2, 0.25) is 0 Å². The number of rotatable bonds is 13. The Kier molecular flexibility index (Phi) is 13.8. The van der Waals surface area contributed by atoms with Crippen LogP contribution in [0.5, 0.6) is 0 Å². The van der Waals surface area contributed by atoms with Crippen LogP contribution in [0.3, 0.4) is 0 Å². The standard InChI is InChI=1S/C14H31NO2/c1-2-3-10-15(11-6-4-8-13-16)12-7-5-9-14-17/h16-17H,2-14H2,1H3.